The van der Waals surface area contributed by atoms with Gasteiger partial charge in [0.05, 0.1) is 11.9 Å². The Morgan fingerprint density at radius 2 is 2.43 bits per heavy atom. The molecule has 1 fully saturated rings. The van der Waals surface area contributed by atoms with E-state index in [1.54, 1.807) is 12.3 Å². The van der Waals surface area contributed by atoms with E-state index in [-0.39, 0.29) is 5.56 Å². The van der Waals surface area contributed by atoms with E-state index >= 15 is 0 Å². The number of hydrogen-bond acceptors (Lipinski definition) is 3. The fourth-order valence-electron chi connectivity index (χ4n) is 1.36. The summed E-state index contributed by atoms with van der Waals surface area (Å²) in [5, 5.41) is 7.34. The van der Waals surface area contributed by atoms with Crippen LogP contribution in [0.25, 0.3) is 0 Å². The molecule has 2 rings (SSSR count). The van der Waals surface area contributed by atoms with Gasteiger partial charge in [-0.1, -0.05) is 6.92 Å². The van der Waals surface area contributed by atoms with E-state index in [4.69, 9.17) is 0 Å². The van der Waals surface area contributed by atoms with Crippen molar-refractivity contribution in [2.24, 2.45) is 0 Å². The van der Waals surface area contributed by atoms with Gasteiger partial charge in [-0.05, 0) is 19.3 Å². The van der Waals surface area contributed by atoms with Gasteiger partial charge in [0.15, 0.2) is 0 Å². The van der Waals surface area contributed by atoms with E-state index < -0.39 is 0 Å². The van der Waals surface area contributed by atoms with Crippen LogP contribution in [0, 0.1) is 0 Å². The molecule has 14 heavy (non-hydrogen) atoms. The molecule has 1 N–H and O–H groups in total. The third-order valence-electron chi connectivity index (χ3n) is 2.25. The predicted molar refractivity (Wildman–Crippen MR) is 55.4 cm³/mol. The van der Waals surface area contributed by atoms with Gasteiger partial charge in [-0.3, -0.25) is 4.79 Å². The molecular weight excluding hydrogens is 178 g/mol. The average Bonchev–Trinajstić information content (AvgIpc) is 2.94. The molecule has 4 nitrogen and oxygen atoms in total. The fourth-order valence-corrected chi connectivity index (χ4v) is 1.36. The van der Waals surface area contributed by atoms with Gasteiger partial charge in [0.2, 0.25) is 0 Å². The highest BCUT2D eigenvalue weighted by atomic mass is 16.1. The van der Waals surface area contributed by atoms with E-state index in [0.717, 1.165) is 12.1 Å². The molecule has 1 saturated carbocycles. The smallest absolute Gasteiger partial charge is 0.268 e. The topological polar surface area (TPSA) is 46.9 Å². The van der Waals surface area contributed by atoms with Crippen molar-refractivity contribution in [1.29, 1.82) is 0 Å². The fraction of sp³-hybridized carbons (Fsp3) is 0.600. The second-order valence-corrected chi connectivity index (χ2v) is 3.72. The second kappa shape index (κ2) is 3.82. The summed E-state index contributed by atoms with van der Waals surface area (Å²) in [5.74, 6) is 0. The molecule has 0 amide bonds. The number of aromatic nitrogens is 2. The first-order valence-electron chi connectivity index (χ1n) is 5.13. The molecule has 0 unspecified atom stereocenters. The Bertz CT molecular complexity index is 368. The largest absolute Gasteiger partial charge is 0.381 e. The Hall–Kier alpha value is -1.32. The molecule has 0 aromatic carbocycles. The van der Waals surface area contributed by atoms with Crippen LogP contribution in [0.15, 0.2) is 17.1 Å². The van der Waals surface area contributed by atoms with Gasteiger partial charge < -0.3 is 5.32 Å². The van der Waals surface area contributed by atoms with Crippen molar-refractivity contribution >= 4 is 5.69 Å². The van der Waals surface area contributed by atoms with Gasteiger partial charge >= 0.3 is 0 Å². The summed E-state index contributed by atoms with van der Waals surface area (Å²) in [7, 11) is 0. The summed E-state index contributed by atoms with van der Waals surface area (Å²) in [6.07, 6.45) is 5.08. The summed E-state index contributed by atoms with van der Waals surface area (Å²) in [6, 6.07) is 2.19. The molecule has 0 saturated heterocycles. The lowest BCUT2D eigenvalue weighted by Gasteiger charge is -2.05. The van der Waals surface area contributed by atoms with E-state index in [9.17, 15) is 4.79 Å². The molecular formula is C10H15N3O. The van der Waals surface area contributed by atoms with Crippen LogP contribution in [-0.2, 0) is 6.54 Å². The molecule has 0 atom stereocenters. The Kier molecular flexibility index (Phi) is 2.52. The molecule has 1 aliphatic carbocycles. The van der Waals surface area contributed by atoms with Gasteiger partial charge in [-0.15, -0.1) is 0 Å². The monoisotopic (exact) mass is 193 g/mol. The average molecular weight is 193 g/mol. The number of hydrogen-bond donors (Lipinski definition) is 1. The third kappa shape index (κ3) is 2.13. The Morgan fingerprint density at radius 1 is 1.64 bits per heavy atom. The number of rotatable bonds is 4. The highest BCUT2D eigenvalue weighted by Crippen LogP contribution is 2.23. The molecule has 1 aliphatic rings. The van der Waals surface area contributed by atoms with Crippen molar-refractivity contribution in [2.75, 3.05) is 5.32 Å². The van der Waals surface area contributed by atoms with Crippen LogP contribution >= 0.6 is 0 Å². The van der Waals surface area contributed by atoms with E-state index in [1.165, 1.54) is 17.5 Å². The van der Waals surface area contributed by atoms with Gasteiger partial charge in [-0.2, -0.15) is 5.10 Å². The molecule has 1 aromatic heterocycles. The summed E-state index contributed by atoms with van der Waals surface area (Å²) >= 11 is 0. The van der Waals surface area contributed by atoms with Crippen LogP contribution in [0.5, 0.6) is 0 Å². The van der Waals surface area contributed by atoms with Crippen LogP contribution in [0.1, 0.15) is 26.2 Å². The molecule has 4 heteroatoms. The van der Waals surface area contributed by atoms with Crippen LogP contribution in [-0.4, -0.2) is 15.8 Å². The number of aryl methyl sites for hydroxylation is 1. The second-order valence-electron chi connectivity index (χ2n) is 3.72. The minimum Gasteiger partial charge on any atom is -0.381 e. The van der Waals surface area contributed by atoms with Crippen LogP contribution in [0.3, 0.4) is 0 Å². The summed E-state index contributed by atoms with van der Waals surface area (Å²) in [4.78, 5) is 11.5. The molecule has 0 spiro atoms. The van der Waals surface area contributed by atoms with Crippen molar-refractivity contribution in [3.05, 3.63) is 22.6 Å². The summed E-state index contributed by atoms with van der Waals surface area (Å²) in [6.45, 7) is 2.73. The number of anilines is 1. The summed E-state index contributed by atoms with van der Waals surface area (Å²) in [5.41, 5.74) is 0.836. The van der Waals surface area contributed by atoms with Crippen molar-refractivity contribution in [3.8, 4) is 0 Å². The SMILES string of the molecule is CCCn1ncc(NC2CC2)cc1=O. The molecule has 0 aliphatic heterocycles. The standard InChI is InChI=1S/C10H15N3O/c1-2-5-13-10(14)6-9(7-11-13)12-8-3-4-8/h6-8,12H,2-5H2,1H3. The maximum absolute atomic E-state index is 11.5. The Labute approximate surface area is 82.9 Å². The Morgan fingerprint density at radius 3 is 3.00 bits per heavy atom. The van der Waals surface area contributed by atoms with Gasteiger partial charge in [0.1, 0.15) is 0 Å². The van der Waals surface area contributed by atoms with Crippen molar-refractivity contribution in [1.82, 2.24) is 9.78 Å². The molecule has 0 bridgehead atoms. The number of nitrogens with zero attached hydrogens (tertiary/aromatic N) is 2. The maximum atomic E-state index is 11.5. The van der Waals surface area contributed by atoms with Crippen LogP contribution in [0.4, 0.5) is 5.69 Å². The zero-order valence-corrected chi connectivity index (χ0v) is 8.36. The minimum absolute atomic E-state index is 0.0162. The lowest BCUT2D eigenvalue weighted by Crippen LogP contribution is -2.22. The lowest BCUT2D eigenvalue weighted by molar-refractivity contribution is 0.568. The van der Waals surface area contributed by atoms with Gasteiger partial charge in [0, 0.05) is 18.7 Å². The summed E-state index contributed by atoms with van der Waals surface area (Å²) < 4.78 is 1.50. The first-order chi connectivity index (χ1) is 6.79. The predicted octanol–water partition coefficient (Wildman–Crippen LogP) is 1.23. The van der Waals surface area contributed by atoms with E-state index in [2.05, 4.69) is 10.4 Å². The third-order valence-corrected chi connectivity index (χ3v) is 2.25. The van der Waals surface area contributed by atoms with E-state index in [0.29, 0.717) is 12.6 Å². The zero-order chi connectivity index (χ0) is 9.97. The quantitative estimate of drug-likeness (QED) is 0.782. The maximum Gasteiger partial charge on any atom is 0.268 e. The first-order valence-corrected chi connectivity index (χ1v) is 5.13. The van der Waals surface area contributed by atoms with E-state index in [1.807, 2.05) is 6.92 Å². The van der Waals surface area contributed by atoms with Crippen molar-refractivity contribution in [2.45, 2.75) is 38.8 Å². The van der Waals surface area contributed by atoms with Crippen LogP contribution < -0.4 is 10.9 Å². The molecule has 0 radical (unpaired) electrons. The highest BCUT2D eigenvalue weighted by molar-refractivity contribution is 5.41. The van der Waals surface area contributed by atoms with Gasteiger partial charge in [0.25, 0.3) is 5.56 Å². The molecule has 76 valence electrons. The number of nitrogens with one attached hydrogen (secondary N) is 1. The highest BCUT2D eigenvalue weighted by Gasteiger charge is 2.20. The minimum atomic E-state index is -0.0162. The van der Waals surface area contributed by atoms with Crippen molar-refractivity contribution < 1.29 is 0 Å². The van der Waals surface area contributed by atoms with Crippen LogP contribution in [0.2, 0.25) is 0 Å². The first kappa shape index (κ1) is 9.24. The molecule has 1 aromatic rings. The van der Waals surface area contributed by atoms with Crippen molar-refractivity contribution in [3.63, 3.8) is 0 Å². The lowest BCUT2D eigenvalue weighted by atomic mass is 10.4. The normalized spacial score (nSPS) is 15.5. The van der Waals surface area contributed by atoms with Gasteiger partial charge in [-0.25, -0.2) is 4.68 Å². The Balaban J connectivity index is 2.12. The molecule has 1 heterocycles. The zero-order valence-electron chi connectivity index (χ0n) is 8.36.